The summed E-state index contributed by atoms with van der Waals surface area (Å²) in [5.74, 6) is -0.820. The Bertz CT molecular complexity index is 928. The molecule has 3 unspecified atom stereocenters. The van der Waals surface area contributed by atoms with Crippen molar-refractivity contribution in [2.75, 3.05) is 0 Å². The molecule has 0 bridgehead atoms. The first-order chi connectivity index (χ1) is 13.6. The second-order valence-corrected chi connectivity index (χ2v) is 7.67. The molecule has 29 heavy (non-hydrogen) atoms. The molecular weight excluding hydrogens is 395 g/mol. The van der Waals surface area contributed by atoms with Gasteiger partial charge in [0.2, 0.25) is 0 Å². The largest absolute Gasteiger partial charge is 0.416 e. The maximum atomic E-state index is 14.2. The average Bonchev–Trinajstić information content (AvgIpc) is 3.16. The summed E-state index contributed by atoms with van der Waals surface area (Å²) in [6.45, 7) is 2.38. The van der Waals surface area contributed by atoms with Crippen LogP contribution in [0.15, 0.2) is 18.2 Å². The van der Waals surface area contributed by atoms with Crippen LogP contribution in [-0.4, -0.2) is 38.8 Å². The lowest BCUT2D eigenvalue weighted by molar-refractivity contribution is -0.269. The van der Waals surface area contributed by atoms with E-state index in [2.05, 4.69) is 4.98 Å². The lowest BCUT2D eigenvalue weighted by Gasteiger charge is -2.44. The minimum atomic E-state index is -4.69. The fourth-order valence-electron chi connectivity index (χ4n) is 4.27. The molecule has 5 nitrogen and oxygen atoms in total. The highest BCUT2D eigenvalue weighted by Crippen LogP contribution is 2.42. The van der Waals surface area contributed by atoms with Gasteiger partial charge in [0, 0.05) is 37.8 Å². The zero-order valence-corrected chi connectivity index (χ0v) is 15.9. The number of nitrogens with zero attached hydrogens (tertiary/aromatic N) is 3. The monoisotopic (exact) mass is 416 g/mol. The van der Waals surface area contributed by atoms with Gasteiger partial charge in [-0.05, 0) is 31.5 Å². The predicted octanol–water partition coefficient (Wildman–Crippen LogP) is 3.11. The molecule has 10 heteroatoms. The van der Waals surface area contributed by atoms with E-state index in [-0.39, 0.29) is 18.5 Å². The number of nitrogens with two attached hydrogens (primary N) is 1. The van der Waals surface area contributed by atoms with E-state index in [1.165, 1.54) is 0 Å². The first-order valence-corrected chi connectivity index (χ1v) is 9.24. The maximum Gasteiger partial charge on any atom is 0.416 e. The van der Waals surface area contributed by atoms with Gasteiger partial charge in [-0.15, -0.1) is 0 Å². The van der Waals surface area contributed by atoms with Crippen LogP contribution in [0, 0.1) is 18.6 Å². The number of aryl methyl sites for hydroxylation is 1. The molecule has 0 amide bonds. The van der Waals surface area contributed by atoms with E-state index in [1.54, 1.807) is 4.90 Å². The molecule has 0 radical (unpaired) electrons. The standard InChI is InChI=1S/C19H21F5N4O/c1-9-26-14-7-28(8-16(14)27(9)2)15-6-13(25)17(29-18(15)19(22,23)24)11-5-10(20)3-4-12(11)21/h3-5,13,15,17-18H,6-8,25H2,1-2H3/t13?,15?,17-,18?/m1/s1. The van der Waals surface area contributed by atoms with Crippen molar-refractivity contribution in [1.82, 2.24) is 14.5 Å². The van der Waals surface area contributed by atoms with Gasteiger partial charge in [0.15, 0.2) is 6.10 Å². The number of ether oxygens (including phenoxy) is 1. The van der Waals surface area contributed by atoms with Crippen molar-refractivity contribution >= 4 is 0 Å². The summed E-state index contributed by atoms with van der Waals surface area (Å²) in [5, 5.41) is 0. The minimum Gasteiger partial charge on any atom is -0.357 e. The Kier molecular flexibility index (Phi) is 4.91. The maximum absolute atomic E-state index is 14.2. The normalized spacial score (nSPS) is 28.0. The number of aromatic nitrogens is 2. The van der Waals surface area contributed by atoms with Crippen molar-refractivity contribution in [3.05, 3.63) is 52.6 Å². The summed E-state index contributed by atoms with van der Waals surface area (Å²) >= 11 is 0. The van der Waals surface area contributed by atoms with E-state index >= 15 is 0 Å². The molecule has 2 N–H and O–H groups in total. The van der Waals surface area contributed by atoms with Gasteiger partial charge >= 0.3 is 6.18 Å². The van der Waals surface area contributed by atoms with E-state index in [0.29, 0.717) is 6.54 Å². The molecule has 2 aliphatic heterocycles. The van der Waals surface area contributed by atoms with E-state index < -0.39 is 42.1 Å². The molecule has 2 aromatic rings. The zero-order chi connectivity index (χ0) is 21.1. The lowest BCUT2D eigenvalue weighted by Crippen LogP contribution is -2.58. The number of alkyl halides is 3. The third kappa shape index (κ3) is 3.53. The summed E-state index contributed by atoms with van der Waals surface area (Å²) in [6, 6.07) is 0.626. The van der Waals surface area contributed by atoms with Gasteiger partial charge in [-0.1, -0.05) is 0 Å². The van der Waals surface area contributed by atoms with Crippen LogP contribution in [-0.2, 0) is 24.9 Å². The Morgan fingerprint density at radius 3 is 2.59 bits per heavy atom. The van der Waals surface area contributed by atoms with Crippen molar-refractivity contribution in [3.8, 4) is 0 Å². The van der Waals surface area contributed by atoms with Gasteiger partial charge in [-0.3, -0.25) is 4.90 Å². The molecule has 1 saturated heterocycles. The SMILES string of the molecule is Cc1nc2c(n1C)CN(C1CC(N)[C@@H](c3cc(F)ccc3F)OC1C(F)(F)F)C2. The number of hydrogen-bond donors (Lipinski definition) is 1. The van der Waals surface area contributed by atoms with Gasteiger partial charge in [-0.2, -0.15) is 13.2 Å². The summed E-state index contributed by atoms with van der Waals surface area (Å²) < 4.78 is 76.5. The van der Waals surface area contributed by atoms with Crippen molar-refractivity contribution in [2.24, 2.45) is 12.8 Å². The molecule has 3 heterocycles. The summed E-state index contributed by atoms with van der Waals surface area (Å²) in [6.07, 6.45) is -8.33. The van der Waals surface area contributed by atoms with Crippen LogP contribution in [0.4, 0.5) is 22.0 Å². The Morgan fingerprint density at radius 1 is 1.21 bits per heavy atom. The van der Waals surface area contributed by atoms with Crippen LogP contribution in [0.5, 0.6) is 0 Å². The quantitative estimate of drug-likeness (QED) is 0.765. The summed E-state index contributed by atoms with van der Waals surface area (Å²) in [5.41, 5.74) is 7.39. The number of imidazole rings is 1. The van der Waals surface area contributed by atoms with Crippen molar-refractivity contribution in [2.45, 2.75) is 56.9 Å². The second-order valence-electron chi connectivity index (χ2n) is 7.67. The molecule has 1 aromatic heterocycles. The predicted molar refractivity (Wildman–Crippen MR) is 93.6 cm³/mol. The highest BCUT2D eigenvalue weighted by Gasteiger charge is 2.54. The van der Waals surface area contributed by atoms with Gasteiger partial charge in [-0.25, -0.2) is 13.8 Å². The fourth-order valence-corrected chi connectivity index (χ4v) is 4.27. The highest BCUT2D eigenvalue weighted by molar-refractivity contribution is 5.25. The van der Waals surface area contributed by atoms with Crippen molar-refractivity contribution < 1.29 is 26.7 Å². The number of benzene rings is 1. The molecule has 1 aromatic carbocycles. The number of fused-ring (bicyclic) bond motifs is 1. The average molecular weight is 416 g/mol. The molecule has 158 valence electrons. The third-order valence-electron chi connectivity index (χ3n) is 5.83. The van der Waals surface area contributed by atoms with Gasteiger partial charge in [0.25, 0.3) is 0 Å². The van der Waals surface area contributed by atoms with E-state index in [4.69, 9.17) is 10.5 Å². The first kappa shape index (κ1) is 20.2. The molecule has 0 saturated carbocycles. The van der Waals surface area contributed by atoms with Gasteiger partial charge in [0.05, 0.1) is 11.4 Å². The molecule has 0 aliphatic carbocycles. The van der Waals surface area contributed by atoms with Gasteiger partial charge < -0.3 is 15.0 Å². The Labute approximate surface area is 164 Å². The summed E-state index contributed by atoms with van der Waals surface area (Å²) in [4.78, 5) is 6.05. The molecular formula is C19H21F5N4O. The van der Waals surface area contributed by atoms with Crippen molar-refractivity contribution in [3.63, 3.8) is 0 Å². The van der Waals surface area contributed by atoms with Crippen LogP contribution in [0.3, 0.4) is 0 Å². The molecule has 4 atom stereocenters. The lowest BCUT2D eigenvalue weighted by atomic mass is 9.89. The van der Waals surface area contributed by atoms with Crippen LogP contribution in [0.1, 0.15) is 35.3 Å². The van der Waals surface area contributed by atoms with Crippen LogP contribution < -0.4 is 5.73 Å². The molecule has 1 fully saturated rings. The van der Waals surface area contributed by atoms with Crippen LogP contribution in [0.25, 0.3) is 0 Å². The molecule has 2 aliphatic rings. The first-order valence-electron chi connectivity index (χ1n) is 9.24. The molecule has 0 spiro atoms. The van der Waals surface area contributed by atoms with Crippen molar-refractivity contribution in [1.29, 1.82) is 0 Å². The minimum absolute atomic E-state index is 0.0717. The van der Waals surface area contributed by atoms with E-state index in [9.17, 15) is 22.0 Å². The number of rotatable bonds is 2. The number of halogens is 5. The fraction of sp³-hybridized carbons (Fsp3) is 0.526. The Hall–Kier alpha value is -2.04. The Morgan fingerprint density at radius 2 is 1.93 bits per heavy atom. The highest BCUT2D eigenvalue weighted by atomic mass is 19.4. The van der Waals surface area contributed by atoms with E-state index in [1.807, 2.05) is 18.5 Å². The molecule has 4 rings (SSSR count). The van der Waals surface area contributed by atoms with E-state index in [0.717, 1.165) is 35.4 Å². The topological polar surface area (TPSA) is 56.3 Å². The smallest absolute Gasteiger partial charge is 0.357 e. The Balaban J connectivity index is 1.62. The number of hydrogen-bond acceptors (Lipinski definition) is 4. The second kappa shape index (κ2) is 7.03. The van der Waals surface area contributed by atoms with Crippen LogP contribution in [0.2, 0.25) is 0 Å². The summed E-state index contributed by atoms with van der Waals surface area (Å²) in [7, 11) is 1.82. The zero-order valence-electron chi connectivity index (χ0n) is 15.9. The van der Waals surface area contributed by atoms with Crippen LogP contribution >= 0.6 is 0 Å². The third-order valence-corrected chi connectivity index (χ3v) is 5.83. The van der Waals surface area contributed by atoms with Gasteiger partial charge in [0.1, 0.15) is 23.6 Å².